The van der Waals surface area contributed by atoms with E-state index in [2.05, 4.69) is 10.6 Å². The highest BCUT2D eigenvalue weighted by Gasteiger charge is 2.12. The molecule has 0 spiro atoms. The van der Waals surface area contributed by atoms with Crippen molar-refractivity contribution in [3.05, 3.63) is 35.3 Å². The first-order chi connectivity index (χ1) is 10.5. The molecule has 0 aliphatic rings. The molecule has 0 aliphatic heterocycles. The summed E-state index contributed by atoms with van der Waals surface area (Å²) in [5, 5.41) is 15.5. The molecule has 3 N–H and O–H groups in total. The highest BCUT2D eigenvalue weighted by atomic mass is 19.1. The maximum atomic E-state index is 13.2. The number of fused-ring (bicyclic) bond motifs is 1. The fourth-order valence-corrected chi connectivity index (χ4v) is 2.28. The number of benzene rings is 1. The van der Waals surface area contributed by atoms with Gasteiger partial charge in [0.1, 0.15) is 17.2 Å². The predicted molar refractivity (Wildman–Crippen MR) is 82.1 cm³/mol. The van der Waals surface area contributed by atoms with E-state index >= 15 is 0 Å². The minimum atomic E-state index is -0.535. The summed E-state index contributed by atoms with van der Waals surface area (Å²) in [5.74, 6) is 0.267. The molecule has 1 heterocycles. The van der Waals surface area contributed by atoms with Gasteiger partial charge in [-0.2, -0.15) is 0 Å². The van der Waals surface area contributed by atoms with Crippen LogP contribution in [0.5, 0.6) is 0 Å². The van der Waals surface area contributed by atoms with E-state index in [1.165, 1.54) is 12.1 Å². The van der Waals surface area contributed by atoms with Crippen LogP contribution >= 0.6 is 0 Å². The smallest absolute Gasteiger partial charge is 0.315 e. The van der Waals surface area contributed by atoms with E-state index in [0.717, 1.165) is 12.0 Å². The number of urea groups is 1. The van der Waals surface area contributed by atoms with Crippen LogP contribution in [0, 0.1) is 12.7 Å². The van der Waals surface area contributed by atoms with Crippen molar-refractivity contribution in [1.29, 1.82) is 0 Å². The van der Waals surface area contributed by atoms with Crippen LogP contribution in [0.1, 0.15) is 31.1 Å². The number of amides is 2. The van der Waals surface area contributed by atoms with Gasteiger partial charge in [0.05, 0.1) is 12.6 Å². The topological polar surface area (TPSA) is 74.5 Å². The second-order valence-corrected chi connectivity index (χ2v) is 5.30. The SMILES string of the molecule is CCCC(O)CNC(=O)NCc1oc2ccc(F)cc2c1C. The zero-order valence-electron chi connectivity index (χ0n) is 12.8. The fourth-order valence-electron chi connectivity index (χ4n) is 2.28. The number of hydrogen-bond donors (Lipinski definition) is 3. The van der Waals surface area contributed by atoms with Crippen molar-refractivity contribution in [3.63, 3.8) is 0 Å². The first kappa shape index (κ1) is 16.3. The Kier molecular flexibility index (Phi) is 5.38. The van der Waals surface area contributed by atoms with Crippen LogP contribution in [0.25, 0.3) is 11.0 Å². The molecule has 0 aliphatic carbocycles. The Balaban J connectivity index is 1.91. The number of carbonyl (C=O) groups excluding carboxylic acids is 1. The molecule has 6 heteroatoms. The van der Waals surface area contributed by atoms with Crippen molar-refractivity contribution in [2.24, 2.45) is 0 Å². The molecule has 1 aromatic heterocycles. The molecule has 120 valence electrons. The van der Waals surface area contributed by atoms with E-state index in [0.29, 0.717) is 23.2 Å². The second-order valence-electron chi connectivity index (χ2n) is 5.30. The van der Waals surface area contributed by atoms with Gasteiger partial charge in [-0.1, -0.05) is 13.3 Å². The predicted octanol–water partition coefficient (Wildman–Crippen LogP) is 2.84. The van der Waals surface area contributed by atoms with Gasteiger partial charge >= 0.3 is 6.03 Å². The van der Waals surface area contributed by atoms with Gasteiger partial charge in [0.2, 0.25) is 0 Å². The Morgan fingerprint density at radius 3 is 2.91 bits per heavy atom. The number of aliphatic hydroxyl groups is 1. The van der Waals surface area contributed by atoms with Gasteiger partial charge in [0, 0.05) is 17.5 Å². The van der Waals surface area contributed by atoms with Gasteiger partial charge in [-0.25, -0.2) is 9.18 Å². The van der Waals surface area contributed by atoms with Crippen LogP contribution in [0.4, 0.5) is 9.18 Å². The summed E-state index contributed by atoms with van der Waals surface area (Å²) in [6, 6.07) is 3.95. The summed E-state index contributed by atoms with van der Waals surface area (Å²) in [7, 11) is 0. The Morgan fingerprint density at radius 1 is 1.41 bits per heavy atom. The summed E-state index contributed by atoms with van der Waals surface area (Å²) in [4.78, 5) is 11.7. The van der Waals surface area contributed by atoms with Gasteiger partial charge in [-0.3, -0.25) is 0 Å². The number of aryl methyl sites for hydroxylation is 1. The number of halogens is 1. The van der Waals surface area contributed by atoms with Crippen molar-refractivity contribution in [3.8, 4) is 0 Å². The maximum Gasteiger partial charge on any atom is 0.315 e. The molecule has 2 aromatic rings. The lowest BCUT2D eigenvalue weighted by Gasteiger charge is -2.11. The monoisotopic (exact) mass is 308 g/mol. The summed E-state index contributed by atoms with van der Waals surface area (Å²) in [6.45, 7) is 4.21. The molecule has 1 aromatic carbocycles. The van der Waals surface area contributed by atoms with Gasteiger partial charge < -0.3 is 20.2 Å². The largest absolute Gasteiger partial charge is 0.459 e. The first-order valence-electron chi connectivity index (χ1n) is 7.38. The Labute approximate surface area is 128 Å². The van der Waals surface area contributed by atoms with E-state index in [4.69, 9.17) is 4.42 Å². The zero-order chi connectivity index (χ0) is 16.1. The molecular formula is C16H21FN2O3. The maximum absolute atomic E-state index is 13.2. The molecule has 5 nitrogen and oxygen atoms in total. The second kappa shape index (κ2) is 7.26. The van der Waals surface area contributed by atoms with Gasteiger partial charge in [-0.05, 0) is 31.5 Å². The molecule has 0 saturated carbocycles. The lowest BCUT2D eigenvalue weighted by Crippen LogP contribution is -2.39. The average molecular weight is 308 g/mol. The fraction of sp³-hybridized carbons (Fsp3) is 0.438. The standard InChI is InChI=1S/C16H21FN2O3/c1-3-4-12(20)8-18-16(21)19-9-15-10(2)13-7-11(17)5-6-14(13)22-15/h5-7,12,20H,3-4,8-9H2,1-2H3,(H2,18,19,21). The van der Waals surface area contributed by atoms with E-state index in [1.54, 1.807) is 6.07 Å². The molecule has 1 unspecified atom stereocenters. The number of nitrogens with one attached hydrogen (secondary N) is 2. The van der Waals surface area contributed by atoms with Crippen LogP contribution in [0.3, 0.4) is 0 Å². The van der Waals surface area contributed by atoms with Crippen LogP contribution in [0.15, 0.2) is 22.6 Å². The molecule has 0 fully saturated rings. The molecule has 22 heavy (non-hydrogen) atoms. The molecule has 0 radical (unpaired) electrons. The van der Waals surface area contributed by atoms with Gasteiger partial charge in [0.15, 0.2) is 0 Å². The number of hydrogen-bond acceptors (Lipinski definition) is 3. The lowest BCUT2D eigenvalue weighted by atomic mass is 10.1. The van der Waals surface area contributed by atoms with Crippen LogP contribution in [0.2, 0.25) is 0 Å². The lowest BCUT2D eigenvalue weighted by molar-refractivity contribution is 0.160. The normalized spacial score (nSPS) is 12.4. The minimum Gasteiger partial charge on any atom is -0.459 e. The molecule has 1 atom stereocenters. The number of rotatable bonds is 6. The Bertz CT molecular complexity index is 654. The van der Waals surface area contributed by atoms with Crippen molar-refractivity contribution in [2.75, 3.05) is 6.54 Å². The Morgan fingerprint density at radius 2 is 2.18 bits per heavy atom. The molecule has 2 rings (SSSR count). The van der Waals surface area contributed by atoms with Gasteiger partial charge in [0.25, 0.3) is 0 Å². The van der Waals surface area contributed by atoms with Crippen LogP contribution in [-0.4, -0.2) is 23.8 Å². The summed E-state index contributed by atoms with van der Waals surface area (Å²) < 4.78 is 18.8. The average Bonchev–Trinajstić information content (AvgIpc) is 2.80. The summed E-state index contributed by atoms with van der Waals surface area (Å²) in [6.07, 6.45) is 0.972. The van der Waals surface area contributed by atoms with Crippen LogP contribution in [-0.2, 0) is 6.54 Å². The number of furan rings is 1. The highest BCUT2D eigenvalue weighted by molar-refractivity contribution is 5.82. The van der Waals surface area contributed by atoms with E-state index in [9.17, 15) is 14.3 Å². The van der Waals surface area contributed by atoms with Crippen molar-refractivity contribution < 1.29 is 18.7 Å². The molecule has 0 bridgehead atoms. The number of aliphatic hydroxyl groups excluding tert-OH is 1. The van der Waals surface area contributed by atoms with Crippen LogP contribution < -0.4 is 10.6 Å². The Hall–Kier alpha value is -2.08. The van der Waals surface area contributed by atoms with Crippen molar-refractivity contribution in [2.45, 2.75) is 39.3 Å². The third-order valence-electron chi connectivity index (χ3n) is 3.53. The summed E-state index contributed by atoms with van der Waals surface area (Å²) in [5.41, 5.74) is 1.40. The third-order valence-corrected chi connectivity index (χ3v) is 3.53. The molecular weight excluding hydrogens is 287 g/mol. The zero-order valence-corrected chi connectivity index (χ0v) is 12.8. The quantitative estimate of drug-likeness (QED) is 0.768. The molecule has 0 saturated heterocycles. The highest BCUT2D eigenvalue weighted by Crippen LogP contribution is 2.25. The van der Waals surface area contributed by atoms with Crippen molar-refractivity contribution in [1.82, 2.24) is 10.6 Å². The molecule has 2 amide bonds. The van der Waals surface area contributed by atoms with Gasteiger partial charge in [-0.15, -0.1) is 0 Å². The minimum absolute atomic E-state index is 0.206. The van der Waals surface area contributed by atoms with E-state index < -0.39 is 6.10 Å². The first-order valence-corrected chi connectivity index (χ1v) is 7.38. The van der Waals surface area contributed by atoms with E-state index in [1.807, 2.05) is 13.8 Å². The summed E-state index contributed by atoms with van der Waals surface area (Å²) >= 11 is 0. The third kappa shape index (κ3) is 3.98. The van der Waals surface area contributed by atoms with E-state index in [-0.39, 0.29) is 24.9 Å². The van der Waals surface area contributed by atoms with Crippen molar-refractivity contribution >= 4 is 17.0 Å². The number of carbonyl (C=O) groups is 1.